The normalized spacial score (nSPS) is 12.8. The van der Waals surface area contributed by atoms with Gasteiger partial charge in [-0.05, 0) is 137 Å². The van der Waals surface area contributed by atoms with Gasteiger partial charge >= 0.3 is 0 Å². The first-order valence-corrected chi connectivity index (χ1v) is 25.2. The fraction of sp³-hybridized carbons (Fsp3) is 0.0141. The van der Waals surface area contributed by atoms with Crippen LogP contribution in [0.1, 0.15) is 22.3 Å². The van der Waals surface area contributed by atoms with Crippen LogP contribution in [0.4, 0.5) is 17.1 Å². The minimum atomic E-state index is -0.459. The lowest BCUT2D eigenvalue weighted by Crippen LogP contribution is -2.26. The zero-order valence-electron chi connectivity index (χ0n) is 39.8. The van der Waals surface area contributed by atoms with E-state index in [4.69, 9.17) is 4.42 Å². The van der Waals surface area contributed by atoms with Crippen LogP contribution >= 0.6 is 0 Å². The Hall–Kier alpha value is -9.50. The first-order valence-electron chi connectivity index (χ1n) is 25.2. The molecule has 0 bridgehead atoms. The summed E-state index contributed by atoms with van der Waals surface area (Å²) in [6, 6.07) is 100. The maximum atomic E-state index is 6.56. The number of anilines is 3. The molecule has 0 unspecified atom stereocenters. The lowest BCUT2D eigenvalue weighted by atomic mass is 9.70. The van der Waals surface area contributed by atoms with Crippen molar-refractivity contribution in [2.75, 3.05) is 4.90 Å². The quantitative estimate of drug-likeness (QED) is 0.158. The van der Waals surface area contributed by atoms with Crippen molar-refractivity contribution in [3.8, 4) is 66.8 Å². The third kappa shape index (κ3) is 6.30. The van der Waals surface area contributed by atoms with Crippen LogP contribution in [0.2, 0.25) is 0 Å². The summed E-state index contributed by atoms with van der Waals surface area (Å²) >= 11 is 0. The minimum Gasteiger partial charge on any atom is -0.456 e. The molecule has 0 aliphatic heterocycles. The molecule has 2 aliphatic carbocycles. The summed E-state index contributed by atoms with van der Waals surface area (Å²) in [7, 11) is 0. The second-order valence-corrected chi connectivity index (χ2v) is 19.5. The largest absolute Gasteiger partial charge is 0.456 e. The van der Waals surface area contributed by atoms with E-state index in [1.165, 1.54) is 94.2 Å². The van der Waals surface area contributed by atoms with Crippen LogP contribution < -0.4 is 4.90 Å². The monoisotopic (exact) mass is 927 g/mol. The number of benzene rings is 12. The van der Waals surface area contributed by atoms with Crippen molar-refractivity contribution in [2.24, 2.45) is 0 Å². The smallest absolute Gasteiger partial charge is 0.137 e. The minimum absolute atomic E-state index is 0.459. The van der Waals surface area contributed by atoms with Crippen LogP contribution in [0.3, 0.4) is 0 Å². The average Bonchev–Trinajstić information content (AvgIpc) is 4.11. The molecule has 0 fully saturated rings. The van der Waals surface area contributed by atoms with Gasteiger partial charge in [0.1, 0.15) is 11.2 Å². The van der Waals surface area contributed by atoms with Gasteiger partial charge < -0.3 is 9.32 Å². The lowest BCUT2D eigenvalue weighted by molar-refractivity contribution is 0.669. The molecule has 12 aromatic carbocycles. The predicted molar refractivity (Wildman–Crippen MR) is 304 cm³/mol. The highest BCUT2D eigenvalue weighted by Crippen LogP contribution is 2.65. The van der Waals surface area contributed by atoms with Gasteiger partial charge in [-0.25, -0.2) is 0 Å². The molecule has 0 N–H and O–H groups in total. The molecular formula is C71H45NO. The highest BCUT2D eigenvalue weighted by atomic mass is 16.3. The summed E-state index contributed by atoms with van der Waals surface area (Å²) in [5.74, 6) is 0. The summed E-state index contributed by atoms with van der Waals surface area (Å²) < 4.78 is 6.56. The number of hydrogen-bond donors (Lipinski definition) is 0. The van der Waals surface area contributed by atoms with Crippen molar-refractivity contribution in [1.29, 1.82) is 0 Å². The Balaban J connectivity index is 0.793. The van der Waals surface area contributed by atoms with Gasteiger partial charge in [0.05, 0.1) is 22.2 Å². The van der Waals surface area contributed by atoms with Gasteiger partial charge in [0.2, 0.25) is 0 Å². The number of nitrogens with zero attached hydrogens (tertiary/aromatic N) is 1. The van der Waals surface area contributed by atoms with E-state index in [2.05, 4.69) is 278 Å². The van der Waals surface area contributed by atoms with Crippen molar-refractivity contribution in [3.05, 3.63) is 295 Å². The molecule has 0 saturated carbocycles. The summed E-state index contributed by atoms with van der Waals surface area (Å²) in [5, 5.41) is 4.71. The molecular weight excluding hydrogens is 883 g/mol. The second kappa shape index (κ2) is 16.3. The van der Waals surface area contributed by atoms with E-state index in [1.807, 2.05) is 0 Å². The molecule has 2 aliphatic rings. The van der Waals surface area contributed by atoms with Crippen LogP contribution in [0, 0.1) is 0 Å². The van der Waals surface area contributed by atoms with Gasteiger partial charge in [-0.15, -0.1) is 0 Å². The van der Waals surface area contributed by atoms with Crippen LogP contribution in [0.25, 0.3) is 99.5 Å². The number of furan rings is 1. The van der Waals surface area contributed by atoms with Crippen molar-refractivity contribution >= 4 is 49.8 Å². The van der Waals surface area contributed by atoms with E-state index in [0.29, 0.717) is 0 Å². The van der Waals surface area contributed by atoms with E-state index >= 15 is 0 Å². The van der Waals surface area contributed by atoms with E-state index in [1.54, 1.807) is 0 Å². The number of fused-ring (bicyclic) bond motifs is 14. The Bertz CT molecular complexity index is 4250. The van der Waals surface area contributed by atoms with E-state index < -0.39 is 5.41 Å². The molecule has 1 aromatic heterocycles. The molecule has 0 atom stereocenters. The molecule has 15 rings (SSSR count). The second-order valence-electron chi connectivity index (χ2n) is 19.5. The van der Waals surface area contributed by atoms with Gasteiger partial charge in [-0.1, -0.05) is 231 Å². The van der Waals surface area contributed by atoms with Gasteiger partial charge in [0.25, 0.3) is 0 Å². The number of para-hydroxylation sites is 1. The highest BCUT2D eigenvalue weighted by Gasteiger charge is 2.52. The highest BCUT2D eigenvalue weighted by molar-refractivity contribution is 6.14. The Kier molecular flexibility index (Phi) is 9.21. The molecule has 1 spiro atoms. The van der Waals surface area contributed by atoms with E-state index in [9.17, 15) is 0 Å². The van der Waals surface area contributed by atoms with Crippen molar-refractivity contribution in [1.82, 2.24) is 0 Å². The third-order valence-corrected chi connectivity index (χ3v) is 15.7. The van der Waals surface area contributed by atoms with Gasteiger partial charge in [0, 0.05) is 16.6 Å². The SMILES string of the molecule is c1ccc2c(c1)-c1ccccc1C21c2ccccc2-c2c(N(c3ccc(-c4ccc(-c5ccc(-c6ccc(-c7ccc8ccccc8c7)cc6)cc5)cc4)cc3)c3cccc4oc5ccccc5c34)cccc21. The molecule has 340 valence electrons. The number of rotatable bonds is 7. The van der Waals surface area contributed by atoms with Crippen LogP contribution in [0.5, 0.6) is 0 Å². The molecule has 0 saturated heterocycles. The lowest BCUT2D eigenvalue weighted by Gasteiger charge is -2.32. The van der Waals surface area contributed by atoms with Crippen molar-refractivity contribution < 1.29 is 4.42 Å². The Labute approximate surface area is 424 Å². The molecule has 1 heterocycles. The Morgan fingerprint density at radius 3 is 1.33 bits per heavy atom. The average molecular weight is 928 g/mol. The van der Waals surface area contributed by atoms with Crippen LogP contribution in [-0.2, 0) is 5.41 Å². The summed E-state index contributed by atoms with van der Waals surface area (Å²) in [6.07, 6.45) is 0. The third-order valence-electron chi connectivity index (χ3n) is 15.7. The Morgan fingerprint density at radius 2 is 0.712 bits per heavy atom. The van der Waals surface area contributed by atoms with Crippen molar-refractivity contribution in [2.45, 2.75) is 5.41 Å². The van der Waals surface area contributed by atoms with E-state index in [-0.39, 0.29) is 0 Å². The zero-order chi connectivity index (χ0) is 48.0. The van der Waals surface area contributed by atoms with Crippen LogP contribution in [0.15, 0.2) is 277 Å². The Morgan fingerprint density at radius 1 is 0.288 bits per heavy atom. The molecule has 13 aromatic rings. The molecule has 2 heteroatoms. The summed E-state index contributed by atoms with van der Waals surface area (Å²) in [4.78, 5) is 2.47. The molecule has 0 amide bonds. The standard InChI is InChI=1S/C71H45NO/c1-2-14-54-45-55(40-39-46(54)13-1)53-37-35-50(36-38-53)49-29-27-47(28-30-49)48-31-33-51(34-32-48)52-41-43-56(44-42-52)72(66-24-12-26-68-70(66)60-18-6-10-25-67(60)73-68)65-23-11-22-64-69(65)59-17-5-9-21-63(59)71(64)61-19-7-3-15-57(61)58-16-4-8-20-62(58)71/h1-45H. The first-order chi connectivity index (χ1) is 36.2. The topological polar surface area (TPSA) is 16.4 Å². The van der Waals surface area contributed by atoms with Gasteiger partial charge in [-0.2, -0.15) is 0 Å². The number of hydrogen-bond acceptors (Lipinski definition) is 2. The zero-order valence-corrected chi connectivity index (χ0v) is 39.8. The first kappa shape index (κ1) is 41.3. The summed E-state index contributed by atoms with van der Waals surface area (Å²) in [5.41, 5.74) is 24.5. The van der Waals surface area contributed by atoms with Gasteiger partial charge in [-0.3, -0.25) is 0 Å². The summed E-state index contributed by atoms with van der Waals surface area (Å²) in [6.45, 7) is 0. The maximum absolute atomic E-state index is 6.56. The van der Waals surface area contributed by atoms with Crippen LogP contribution in [-0.4, -0.2) is 0 Å². The van der Waals surface area contributed by atoms with Crippen molar-refractivity contribution in [3.63, 3.8) is 0 Å². The maximum Gasteiger partial charge on any atom is 0.137 e. The predicted octanol–water partition coefficient (Wildman–Crippen LogP) is 19.2. The fourth-order valence-electron chi connectivity index (χ4n) is 12.4. The molecule has 73 heavy (non-hydrogen) atoms. The van der Waals surface area contributed by atoms with E-state index in [0.717, 1.165) is 44.6 Å². The molecule has 0 radical (unpaired) electrons. The van der Waals surface area contributed by atoms with Gasteiger partial charge in [0.15, 0.2) is 0 Å². The molecule has 2 nitrogen and oxygen atoms in total. The fourth-order valence-corrected chi connectivity index (χ4v) is 12.4.